The van der Waals surface area contributed by atoms with Crippen molar-refractivity contribution in [2.24, 2.45) is 11.0 Å². The van der Waals surface area contributed by atoms with Gasteiger partial charge >= 0.3 is 0 Å². The van der Waals surface area contributed by atoms with Crippen molar-refractivity contribution in [3.05, 3.63) is 22.4 Å². The Morgan fingerprint density at radius 2 is 2.43 bits per heavy atom. The molecule has 0 bridgehead atoms. The number of thiophene rings is 1. The highest BCUT2D eigenvalue weighted by atomic mass is 32.1. The maximum Gasteiger partial charge on any atom is 0.281 e. The fraction of sp³-hybridized carbons (Fsp3) is 0.400. The first-order valence-corrected chi connectivity index (χ1v) is 5.53. The molecule has 0 aromatic carbocycles. The van der Waals surface area contributed by atoms with Gasteiger partial charge in [-0.1, -0.05) is 6.07 Å². The van der Waals surface area contributed by atoms with E-state index in [1.165, 1.54) is 24.2 Å². The average Bonchev–Trinajstić information content (AvgIpc) is 2.90. The molecule has 0 aliphatic heterocycles. The van der Waals surface area contributed by atoms with Gasteiger partial charge in [-0.3, -0.25) is 4.79 Å². The Hall–Kier alpha value is -1.16. The summed E-state index contributed by atoms with van der Waals surface area (Å²) in [7, 11) is 0. The summed E-state index contributed by atoms with van der Waals surface area (Å²) >= 11 is 1.43. The summed E-state index contributed by atoms with van der Waals surface area (Å²) in [6.07, 6.45) is 2.43. The smallest absolute Gasteiger partial charge is 0.266 e. The van der Waals surface area contributed by atoms with Crippen molar-refractivity contribution in [2.75, 3.05) is 0 Å². The first kappa shape index (κ1) is 9.40. The van der Waals surface area contributed by atoms with Crippen molar-refractivity contribution in [3.63, 3.8) is 0 Å². The number of rotatable bonds is 3. The number of nitrogens with zero attached hydrogens (tertiary/aromatic N) is 1. The van der Waals surface area contributed by atoms with E-state index in [9.17, 15) is 4.79 Å². The molecule has 0 unspecified atom stereocenters. The molecule has 1 aliphatic carbocycles. The van der Waals surface area contributed by atoms with Crippen LogP contribution in [-0.2, 0) is 0 Å². The predicted octanol–water partition coefficient (Wildman–Crippen LogP) is 2.26. The van der Waals surface area contributed by atoms with Gasteiger partial charge in [-0.2, -0.15) is 5.10 Å². The number of amides is 1. The predicted molar refractivity (Wildman–Crippen MR) is 57.6 cm³/mol. The monoisotopic (exact) mass is 208 g/mol. The third kappa shape index (κ3) is 2.20. The van der Waals surface area contributed by atoms with Crippen LogP contribution in [0.25, 0.3) is 0 Å². The van der Waals surface area contributed by atoms with Crippen molar-refractivity contribution < 1.29 is 4.79 Å². The summed E-state index contributed by atoms with van der Waals surface area (Å²) in [5.74, 6) is 0.499. The van der Waals surface area contributed by atoms with Crippen LogP contribution >= 0.6 is 11.3 Å². The van der Waals surface area contributed by atoms with Crippen molar-refractivity contribution >= 4 is 23.0 Å². The Bertz CT molecular complexity index is 352. The van der Waals surface area contributed by atoms with Gasteiger partial charge in [0.15, 0.2) is 0 Å². The normalized spacial score (nSPS) is 16.8. The Morgan fingerprint density at radius 3 is 3.00 bits per heavy atom. The summed E-state index contributed by atoms with van der Waals surface area (Å²) in [6.45, 7) is 1.96. The minimum absolute atomic E-state index is 0.111. The van der Waals surface area contributed by atoms with Crippen LogP contribution in [0.3, 0.4) is 0 Å². The van der Waals surface area contributed by atoms with Crippen LogP contribution in [-0.4, -0.2) is 11.6 Å². The Kier molecular flexibility index (Phi) is 2.63. The van der Waals surface area contributed by atoms with Crippen molar-refractivity contribution in [1.82, 2.24) is 5.43 Å². The van der Waals surface area contributed by atoms with E-state index in [1.54, 1.807) is 6.07 Å². The lowest BCUT2D eigenvalue weighted by Crippen LogP contribution is -2.18. The molecule has 1 saturated carbocycles. The molecule has 1 N–H and O–H groups in total. The molecule has 1 amide bonds. The van der Waals surface area contributed by atoms with Crippen LogP contribution < -0.4 is 5.43 Å². The third-order valence-electron chi connectivity index (χ3n) is 2.25. The van der Waals surface area contributed by atoms with Crippen molar-refractivity contribution in [1.29, 1.82) is 0 Å². The van der Waals surface area contributed by atoms with Crippen LogP contribution in [0.2, 0.25) is 0 Å². The number of hydrogen-bond donors (Lipinski definition) is 1. The molecule has 74 valence electrons. The summed E-state index contributed by atoms with van der Waals surface area (Å²) in [4.78, 5) is 12.2. The van der Waals surface area contributed by atoms with E-state index in [0.717, 1.165) is 5.71 Å². The largest absolute Gasteiger partial charge is 0.281 e. The number of carbonyl (C=O) groups excluding carboxylic acids is 1. The number of nitrogens with one attached hydrogen (secondary N) is 1. The highest BCUT2D eigenvalue weighted by molar-refractivity contribution is 7.12. The van der Waals surface area contributed by atoms with Gasteiger partial charge in [0, 0.05) is 5.71 Å². The highest BCUT2D eigenvalue weighted by Crippen LogP contribution is 2.30. The molecule has 1 heterocycles. The molecule has 14 heavy (non-hydrogen) atoms. The Labute approximate surface area is 86.8 Å². The van der Waals surface area contributed by atoms with Gasteiger partial charge in [0.1, 0.15) is 0 Å². The van der Waals surface area contributed by atoms with Crippen LogP contribution in [0.4, 0.5) is 0 Å². The van der Waals surface area contributed by atoms with Gasteiger partial charge in [0.2, 0.25) is 0 Å². The van der Waals surface area contributed by atoms with Gasteiger partial charge < -0.3 is 0 Å². The second-order valence-corrected chi connectivity index (χ2v) is 4.39. The zero-order valence-corrected chi connectivity index (χ0v) is 8.80. The van der Waals surface area contributed by atoms with E-state index in [2.05, 4.69) is 10.5 Å². The number of hydrogen-bond acceptors (Lipinski definition) is 3. The van der Waals surface area contributed by atoms with Gasteiger partial charge in [-0.15, -0.1) is 11.3 Å². The zero-order chi connectivity index (χ0) is 9.97. The third-order valence-corrected chi connectivity index (χ3v) is 3.12. The maximum absolute atomic E-state index is 11.4. The molecule has 1 aromatic rings. The van der Waals surface area contributed by atoms with E-state index in [4.69, 9.17) is 0 Å². The highest BCUT2D eigenvalue weighted by Gasteiger charge is 2.24. The Balaban J connectivity index is 1.91. The zero-order valence-electron chi connectivity index (χ0n) is 7.99. The molecule has 0 saturated heterocycles. The number of hydrazone groups is 1. The lowest BCUT2D eigenvalue weighted by Gasteiger charge is -1.98. The molecule has 0 spiro atoms. The summed E-state index contributed by atoms with van der Waals surface area (Å²) in [5.41, 5.74) is 3.60. The molecule has 4 heteroatoms. The van der Waals surface area contributed by atoms with Crippen LogP contribution in [0.1, 0.15) is 29.4 Å². The summed E-state index contributed by atoms with van der Waals surface area (Å²) in [5, 5.41) is 5.95. The van der Waals surface area contributed by atoms with Crippen molar-refractivity contribution in [3.8, 4) is 0 Å². The topological polar surface area (TPSA) is 41.5 Å². The number of carbonyl (C=O) groups is 1. The fourth-order valence-electron chi connectivity index (χ4n) is 1.19. The molecule has 2 rings (SSSR count). The van der Waals surface area contributed by atoms with E-state index in [1.807, 2.05) is 18.4 Å². The molecule has 1 aromatic heterocycles. The quantitative estimate of drug-likeness (QED) is 0.601. The SMILES string of the molecule is CC(=NNC(=O)c1cccs1)C1CC1. The van der Waals surface area contributed by atoms with Crippen LogP contribution in [0, 0.1) is 5.92 Å². The molecule has 1 aliphatic rings. The summed E-state index contributed by atoms with van der Waals surface area (Å²) in [6, 6.07) is 3.65. The molecular weight excluding hydrogens is 196 g/mol. The van der Waals surface area contributed by atoms with Crippen LogP contribution in [0.5, 0.6) is 0 Å². The van der Waals surface area contributed by atoms with Crippen molar-refractivity contribution in [2.45, 2.75) is 19.8 Å². The molecule has 1 fully saturated rings. The van der Waals surface area contributed by atoms with Gasteiger partial charge in [0.25, 0.3) is 5.91 Å². The minimum atomic E-state index is -0.111. The van der Waals surface area contributed by atoms with Crippen LogP contribution in [0.15, 0.2) is 22.6 Å². The first-order valence-electron chi connectivity index (χ1n) is 4.65. The average molecular weight is 208 g/mol. The summed E-state index contributed by atoms with van der Waals surface area (Å²) < 4.78 is 0. The minimum Gasteiger partial charge on any atom is -0.266 e. The standard InChI is InChI=1S/C10H12N2OS/c1-7(8-4-5-8)11-12-10(13)9-3-2-6-14-9/h2-3,6,8H,4-5H2,1H3,(H,12,13). The van der Waals surface area contributed by atoms with E-state index >= 15 is 0 Å². The molecule has 3 nitrogen and oxygen atoms in total. The maximum atomic E-state index is 11.4. The molecule has 0 atom stereocenters. The van der Waals surface area contributed by atoms with Gasteiger partial charge in [-0.25, -0.2) is 5.43 Å². The Morgan fingerprint density at radius 1 is 1.64 bits per heavy atom. The van der Waals surface area contributed by atoms with Gasteiger partial charge in [0.05, 0.1) is 4.88 Å². The second kappa shape index (κ2) is 3.92. The van der Waals surface area contributed by atoms with E-state index < -0.39 is 0 Å². The fourth-order valence-corrected chi connectivity index (χ4v) is 1.81. The van der Waals surface area contributed by atoms with E-state index in [0.29, 0.717) is 10.8 Å². The molecule has 0 radical (unpaired) electrons. The molecular formula is C10H12N2OS. The lowest BCUT2D eigenvalue weighted by atomic mass is 10.3. The first-order chi connectivity index (χ1) is 6.77. The van der Waals surface area contributed by atoms with E-state index in [-0.39, 0.29) is 5.91 Å². The lowest BCUT2D eigenvalue weighted by molar-refractivity contribution is 0.0958. The van der Waals surface area contributed by atoms with Gasteiger partial charge in [-0.05, 0) is 37.1 Å². The second-order valence-electron chi connectivity index (χ2n) is 3.45.